The van der Waals surface area contributed by atoms with Crippen molar-refractivity contribution in [3.8, 4) is 11.5 Å². The van der Waals surface area contributed by atoms with Crippen LogP contribution in [-0.2, 0) is 10.2 Å². The second kappa shape index (κ2) is 11.4. The van der Waals surface area contributed by atoms with Gasteiger partial charge in [0.25, 0.3) is 0 Å². The van der Waals surface area contributed by atoms with Crippen LogP contribution in [0.3, 0.4) is 0 Å². The molecule has 1 aliphatic heterocycles. The summed E-state index contributed by atoms with van der Waals surface area (Å²) in [5, 5.41) is 3.46. The predicted molar refractivity (Wildman–Crippen MR) is 140 cm³/mol. The summed E-state index contributed by atoms with van der Waals surface area (Å²) in [7, 11) is 3.31. The number of hydrogen-bond acceptors (Lipinski definition) is 4. The van der Waals surface area contributed by atoms with Crippen molar-refractivity contribution in [2.45, 2.75) is 37.6 Å². The summed E-state index contributed by atoms with van der Waals surface area (Å²) < 4.78 is 11.2. The van der Waals surface area contributed by atoms with Crippen LogP contribution in [0.25, 0.3) is 0 Å². The van der Waals surface area contributed by atoms with Gasteiger partial charge in [0, 0.05) is 18.2 Å². The van der Waals surface area contributed by atoms with Crippen molar-refractivity contribution < 1.29 is 14.3 Å². The fourth-order valence-electron chi connectivity index (χ4n) is 5.28. The van der Waals surface area contributed by atoms with Gasteiger partial charge in [0.05, 0.1) is 25.7 Å². The number of methoxy groups -OCH3 is 2. The summed E-state index contributed by atoms with van der Waals surface area (Å²) >= 11 is 0. The molecule has 184 valence electrons. The Morgan fingerprint density at radius 2 is 1.51 bits per heavy atom. The highest BCUT2D eigenvalue weighted by molar-refractivity contribution is 5.92. The maximum atomic E-state index is 14.4. The van der Waals surface area contributed by atoms with Gasteiger partial charge in [0.15, 0.2) is 0 Å². The Balaban J connectivity index is 1.76. The van der Waals surface area contributed by atoms with Crippen LogP contribution in [0.5, 0.6) is 11.5 Å². The average Bonchev–Trinajstić information content (AvgIpc) is 3.43. The number of likely N-dealkylation sites (tertiary alicyclic amines) is 1. The molecule has 4 rings (SSSR count). The van der Waals surface area contributed by atoms with E-state index in [4.69, 9.17) is 9.47 Å². The zero-order chi connectivity index (χ0) is 24.7. The molecule has 1 fully saturated rings. The van der Waals surface area contributed by atoms with E-state index < -0.39 is 5.41 Å². The minimum Gasteiger partial charge on any atom is -0.497 e. The number of carbonyl (C=O) groups excluding carboxylic acids is 1. The van der Waals surface area contributed by atoms with E-state index in [0.717, 1.165) is 47.8 Å². The van der Waals surface area contributed by atoms with Crippen LogP contribution in [0.1, 0.15) is 48.9 Å². The lowest BCUT2D eigenvalue weighted by molar-refractivity contribution is -0.126. The molecule has 1 saturated heterocycles. The van der Waals surface area contributed by atoms with E-state index in [1.807, 2.05) is 54.6 Å². The van der Waals surface area contributed by atoms with E-state index in [9.17, 15) is 4.79 Å². The molecule has 35 heavy (non-hydrogen) atoms. The predicted octanol–water partition coefficient (Wildman–Crippen LogP) is 5.35. The maximum Gasteiger partial charge on any atom is 0.235 e. The number of carbonyl (C=O) groups is 1. The van der Waals surface area contributed by atoms with Gasteiger partial charge in [-0.25, -0.2) is 0 Å². The van der Waals surface area contributed by atoms with Crippen molar-refractivity contribution >= 4 is 5.91 Å². The molecule has 1 heterocycles. The molecule has 0 aromatic heterocycles. The third-order valence-corrected chi connectivity index (χ3v) is 7.21. The second-order valence-electron chi connectivity index (χ2n) is 9.13. The summed E-state index contributed by atoms with van der Waals surface area (Å²) in [5.41, 5.74) is 2.14. The molecule has 1 aliphatic rings. The van der Waals surface area contributed by atoms with Crippen LogP contribution in [0.4, 0.5) is 0 Å². The molecule has 0 saturated carbocycles. The van der Waals surface area contributed by atoms with Crippen LogP contribution >= 0.6 is 0 Å². The van der Waals surface area contributed by atoms with Gasteiger partial charge in [0.1, 0.15) is 11.5 Å². The Bertz CT molecular complexity index is 1060. The Morgan fingerprint density at radius 1 is 0.914 bits per heavy atom. The summed E-state index contributed by atoms with van der Waals surface area (Å²) in [4.78, 5) is 16.8. The Kier molecular flexibility index (Phi) is 8.09. The van der Waals surface area contributed by atoms with Gasteiger partial charge in [-0.3, -0.25) is 4.79 Å². The van der Waals surface area contributed by atoms with Crippen molar-refractivity contribution in [2.75, 3.05) is 33.9 Å². The molecule has 1 amide bonds. The molecular weight excluding hydrogens is 436 g/mol. The first kappa shape index (κ1) is 24.8. The highest BCUT2D eigenvalue weighted by Gasteiger charge is 2.41. The van der Waals surface area contributed by atoms with Crippen molar-refractivity contribution in [2.24, 2.45) is 0 Å². The van der Waals surface area contributed by atoms with Gasteiger partial charge in [0.2, 0.25) is 5.91 Å². The number of nitrogens with one attached hydrogen (secondary N) is 1. The number of nitrogens with zero attached hydrogens (tertiary/aromatic N) is 1. The largest absolute Gasteiger partial charge is 0.497 e. The van der Waals surface area contributed by atoms with Gasteiger partial charge < -0.3 is 19.7 Å². The molecule has 5 nitrogen and oxygen atoms in total. The van der Waals surface area contributed by atoms with E-state index in [1.165, 1.54) is 12.8 Å². The lowest BCUT2D eigenvalue weighted by Crippen LogP contribution is -2.48. The monoisotopic (exact) mass is 472 g/mol. The number of rotatable bonds is 10. The van der Waals surface area contributed by atoms with Gasteiger partial charge in [-0.1, -0.05) is 67.6 Å². The summed E-state index contributed by atoms with van der Waals surface area (Å²) in [6.45, 7) is 4.91. The van der Waals surface area contributed by atoms with Crippen molar-refractivity contribution in [1.29, 1.82) is 0 Å². The molecule has 0 bridgehead atoms. The third kappa shape index (κ3) is 5.20. The van der Waals surface area contributed by atoms with Crippen LogP contribution in [0.2, 0.25) is 0 Å². The van der Waals surface area contributed by atoms with Crippen LogP contribution in [-0.4, -0.2) is 44.7 Å². The maximum absolute atomic E-state index is 14.4. The van der Waals surface area contributed by atoms with Crippen molar-refractivity contribution in [3.05, 3.63) is 95.6 Å². The van der Waals surface area contributed by atoms with Crippen LogP contribution in [0.15, 0.2) is 78.9 Å². The van der Waals surface area contributed by atoms with Gasteiger partial charge >= 0.3 is 0 Å². The highest BCUT2D eigenvalue weighted by Crippen LogP contribution is 2.38. The second-order valence-corrected chi connectivity index (χ2v) is 9.13. The molecule has 3 aromatic rings. The van der Waals surface area contributed by atoms with Crippen LogP contribution in [0, 0.1) is 0 Å². The molecule has 0 radical (unpaired) electrons. The van der Waals surface area contributed by atoms with Crippen molar-refractivity contribution in [1.82, 2.24) is 10.2 Å². The third-order valence-electron chi connectivity index (χ3n) is 7.21. The first-order valence-corrected chi connectivity index (χ1v) is 12.5. The molecule has 0 spiro atoms. The fourth-order valence-corrected chi connectivity index (χ4v) is 5.28. The average molecular weight is 473 g/mol. The molecule has 3 aromatic carbocycles. The Hall–Kier alpha value is -3.31. The van der Waals surface area contributed by atoms with Gasteiger partial charge in [-0.2, -0.15) is 0 Å². The first-order valence-electron chi connectivity index (χ1n) is 12.5. The molecular formula is C30H36N2O3. The van der Waals surface area contributed by atoms with E-state index in [2.05, 4.69) is 41.4 Å². The number of ether oxygens (including phenoxy) is 2. The molecule has 5 heteroatoms. The summed E-state index contributed by atoms with van der Waals surface area (Å²) in [5.74, 6) is 1.45. The standard InChI is InChI=1S/C30H36N2O3/c1-4-30(23-13-7-5-8-14-23,24-15-9-6-10-16-24)29(33)31-27(22-32-19-11-12-20-32)26-18-17-25(34-2)21-28(26)35-3/h5-10,13-18,21,27H,4,11-12,19-20,22H2,1-3H3,(H,31,33)/t27-/m1/s1. The molecule has 0 aliphatic carbocycles. The minimum atomic E-state index is -0.800. The van der Waals surface area contributed by atoms with E-state index >= 15 is 0 Å². The Labute approximate surface area is 209 Å². The van der Waals surface area contributed by atoms with E-state index in [1.54, 1.807) is 14.2 Å². The number of hydrogen-bond donors (Lipinski definition) is 1. The normalized spacial score (nSPS) is 14.9. The SMILES string of the molecule is CCC(C(=O)N[C@H](CN1CCCC1)c1ccc(OC)cc1OC)(c1ccccc1)c1ccccc1. The smallest absolute Gasteiger partial charge is 0.235 e. The zero-order valence-corrected chi connectivity index (χ0v) is 21.0. The van der Waals surface area contributed by atoms with Crippen molar-refractivity contribution in [3.63, 3.8) is 0 Å². The number of benzene rings is 3. The van der Waals surface area contributed by atoms with E-state index in [0.29, 0.717) is 6.42 Å². The summed E-state index contributed by atoms with van der Waals surface area (Å²) in [6.07, 6.45) is 3.02. The molecule has 1 atom stereocenters. The van der Waals surface area contributed by atoms with Gasteiger partial charge in [-0.05, 0) is 55.6 Å². The lowest BCUT2D eigenvalue weighted by Gasteiger charge is -2.35. The first-order chi connectivity index (χ1) is 17.1. The number of amides is 1. The zero-order valence-electron chi connectivity index (χ0n) is 21.0. The topological polar surface area (TPSA) is 50.8 Å². The van der Waals surface area contributed by atoms with E-state index in [-0.39, 0.29) is 11.9 Å². The highest BCUT2D eigenvalue weighted by atomic mass is 16.5. The fraction of sp³-hybridized carbons (Fsp3) is 0.367. The van der Waals surface area contributed by atoms with Gasteiger partial charge in [-0.15, -0.1) is 0 Å². The minimum absolute atomic E-state index is 0.000493. The van der Waals surface area contributed by atoms with Crippen LogP contribution < -0.4 is 14.8 Å². The lowest BCUT2D eigenvalue weighted by atomic mass is 9.71. The Morgan fingerprint density at radius 3 is 2.03 bits per heavy atom. The summed E-state index contributed by atoms with van der Waals surface area (Å²) in [6, 6.07) is 25.8. The molecule has 1 N–H and O–H groups in total. The quantitative estimate of drug-likeness (QED) is 0.432. The molecule has 0 unspecified atom stereocenters.